The van der Waals surface area contributed by atoms with Crippen LogP contribution in [0.4, 0.5) is 0 Å². The molecule has 2 heteroatoms. The SMILES string of the molecule is Cc1ccc(CCCC(=O)CN(C)C)cc1. The Morgan fingerprint density at radius 3 is 2.38 bits per heavy atom. The van der Waals surface area contributed by atoms with Gasteiger partial charge >= 0.3 is 0 Å². The molecular weight excluding hydrogens is 198 g/mol. The monoisotopic (exact) mass is 219 g/mol. The number of Topliss-reactive ketones (excluding diaryl/α,β-unsaturated/α-hetero) is 1. The number of carbonyl (C=O) groups is 1. The fourth-order valence-electron chi connectivity index (χ4n) is 1.68. The Bertz CT molecular complexity index is 327. The third-order valence-corrected chi connectivity index (χ3v) is 2.53. The molecule has 0 fully saturated rings. The van der Waals surface area contributed by atoms with Gasteiger partial charge in [-0.1, -0.05) is 29.8 Å². The molecule has 0 aromatic heterocycles. The van der Waals surface area contributed by atoms with Crippen molar-refractivity contribution in [1.29, 1.82) is 0 Å². The Kier molecular flexibility index (Phi) is 5.20. The first-order chi connectivity index (χ1) is 7.58. The van der Waals surface area contributed by atoms with Crippen LogP contribution in [-0.2, 0) is 11.2 Å². The van der Waals surface area contributed by atoms with Gasteiger partial charge in [-0.25, -0.2) is 0 Å². The second kappa shape index (κ2) is 6.44. The van der Waals surface area contributed by atoms with Crippen molar-refractivity contribution in [3.63, 3.8) is 0 Å². The molecule has 0 heterocycles. The van der Waals surface area contributed by atoms with E-state index in [-0.39, 0.29) is 0 Å². The topological polar surface area (TPSA) is 20.3 Å². The van der Waals surface area contributed by atoms with E-state index >= 15 is 0 Å². The summed E-state index contributed by atoms with van der Waals surface area (Å²) in [5.74, 6) is 0.331. The summed E-state index contributed by atoms with van der Waals surface area (Å²) in [6, 6.07) is 8.53. The van der Waals surface area contributed by atoms with Crippen molar-refractivity contribution in [1.82, 2.24) is 4.90 Å². The summed E-state index contributed by atoms with van der Waals surface area (Å²) in [4.78, 5) is 13.4. The van der Waals surface area contributed by atoms with Crippen LogP contribution in [0.25, 0.3) is 0 Å². The quantitative estimate of drug-likeness (QED) is 0.732. The maximum atomic E-state index is 11.5. The Labute approximate surface area is 98.3 Å². The zero-order valence-electron chi connectivity index (χ0n) is 10.5. The first-order valence-corrected chi connectivity index (χ1v) is 5.80. The van der Waals surface area contributed by atoms with Crippen LogP contribution in [-0.4, -0.2) is 31.3 Å². The summed E-state index contributed by atoms with van der Waals surface area (Å²) >= 11 is 0. The molecule has 0 aliphatic carbocycles. The van der Waals surface area contributed by atoms with Crippen LogP contribution in [0.3, 0.4) is 0 Å². The largest absolute Gasteiger partial charge is 0.302 e. The van der Waals surface area contributed by atoms with Gasteiger partial charge in [0, 0.05) is 6.42 Å². The molecule has 0 bridgehead atoms. The highest BCUT2D eigenvalue weighted by molar-refractivity contribution is 5.80. The molecule has 0 saturated carbocycles. The molecule has 0 aliphatic rings. The van der Waals surface area contributed by atoms with Gasteiger partial charge in [0.1, 0.15) is 5.78 Å². The van der Waals surface area contributed by atoms with Crippen molar-refractivity contribution >= 4 is 5.78 Å². The van der Waals surface area contributed by atoms with Crippen molar-refractivity contribution in [3.05, 3.63) is 35.4 Å². The number of likely N-dealkylation sites (N-methyl/N-ethyl adjacent to an activating group) is 1. The number of rotatable bonds is 6. The van der Waals surface area contributed by atoms with E-state index in [2.05, 4.69) is 31.2 Å². The van der Waals surface area contributed by atoms with E-state index in [4.69, 9.17) is 0 Å². The lowest BCUT2D eigenvalue weighted by Gasteiger charge is -2.08. The minimum absolute atomic E-state index is 0.331. The predicted octanol–water partition coefficient (Wildman–Crippen LogP) is 2.45. The summed E-state index contributed by atoms with van der Waals surface area (Å²) in [6.07, 6.45) is 2.64. The average Bonchev–Trinajstić information content (AvgIpc) is 2.20. The molecule has 0 radical (unpaired) electrons. The number of aryl methyl sites for hydroxylation is 2. The first-order valence-electron chi connectivity index (χ1n) is 5.80. The maximum absolute atomic E-state index is 11.5. The van der Waals surface area contributed by atoms with E-state index in [1.54, 1.807) is 0 Å². The third kappa shape index (κ3) is 5.08. The van der Waals surface area contributed by atoms with Gasteiger partial charge in [0.15, 0.2) is 0 Å². The van der Waals surface area contributed by atoms with E-state index < -0.39 is 0 Å². The van der Waals surface area contributed by atoms with Gasteiger partial charge in [-0.3, -0.25) is 4.79 Å². The molecule has 1 aromatic carbocycles. The number of ketones is 1. The molecule has 0 aliphatic heterocycles. The van der Waals surface area contributed by atoms with E-state index in [0.29, 0.717) is 18.7 Å². The average molecular weight is 219 g/mol. The molecule has 2 nitrogen and oxygen atoms in total. The van der Waals surface area contributed by atoms with E-state index in [9.17, 15) is 4.79 Å². The molecule has 0 N–H and O–H groups in total. The number of carbonyl (C=O) groups excluding carboxylic acids is 1. The first kappa shape index (κ1) is 12.9. The normalized spacial score (nSPS) is 10.8. The van der Waals surface area contributed by atoms with Crippen LogP contribution in [0.15, 0.2) is 24.3 Å². The summed E-state index contributed by atoms with van der Waals surface area (Å²) in [6.45, 7) is 2.65. The molecule has 1 rings (SSSR count). The number of benzene rings is 1. The summed E-state index contributed by atoms with van der Waals surface area (Å²) in [7, 11) is 3.86. The Morgan fingerprint density at radius 2 is 1.81 bits per heavy atom. The predicted molar refractivity (Wildman–Crippen MR) is 67.7 cm³/mol. The lowest BCUT2D eigenvalue weighted by atomic mass is 10.1. The highest BCUT2D eigenvalue weighted by Gasteiger charge is 2.03. The van der Waals surface area contributed by atoms with E-state index in [1.807, 2.05) is 19.0 Å². The molecule has 1 aromatic rings. The van der Waals surface area contributed by atoms with Gasteiger partial charge in [0.05, 0.1) is 6.54 Å². The van der Waals surface area contributed by atoms with Crippen LogP contribution in [0.5, 0.6) is 0 Å². The molecule has 88 valence electrons. The zero-order valence-corrected chi connectivity index (χ0v) is 10.5. The fourth-order valence-corrected chi connectivity index (χ4v) is 1.68. The minimum atomic E-state index is 0.331. The van der Waals surface area contributed by atoms with E-state index in [0.717, 1.165) is 12.8 Å². The van der Waals surface area contributed by atoms with Crippen LogP contribution in [0.1, 0.15) is 24.0 Å². The van der Waals surface area contributed by atoms with Gasteiger partial charge in [-0.15, -0.1) is 0 Å². The minimum Gasteiger partial charge on any atom is -0.302 e. The zero-order chi connectivity index (χ0) is 12.0. The van der Waals surface area contributed by atoms with Gasteiger partial charge < -0.3 is 4.90 Å². The number of hydrogen-bond donors (Lipinski definition) is 0. The van der Waals surface area contributed by atoms with Gasteiger partial charge in [-0.05, 0) is 39.4 Å². The Balaban J connectivity index is 2.25. The molecule has 0 amide bonds. The molecule has 16 heavy (non-hydrogen) atoms. The molecule has 0 spiro atoms. The van der Waals surface area contributed by atoms with Crippen molar-refractivity contribution in [2.45, 2.75) is 26.2 Å². The summed E-state index contributed by atoms with van der Waals surface area (Å²) in [5.41, 5.74) is 2.61. The lowest BCUT2D eigenvalue weighted by Crippen LogP contribution is -2.21. The highest BCUT2D eigenvalue weighted by Crippen LogP contribution is 2.07. The van der Waals surface area contributed by atoms with E-state index in [1.165, 1.54) is 11.1 Å². The molecular formula is C14H21NO. The standard InChI is InChI=1S/C14H21NO/c1-12-7-9-13(10-8-12)5-4-6-14(16)11-15(2)3/h7-10H,4-6,11H2,1-3H3. The van der Waals surface area contributed by atoms with Gasteiger partial charge in [0.2, 0.25) is 0 Å². The van der Waals surface area contributed by atoms with Crippen molar-refractivity contribution in [3.8, 4) is 0 Å². The molecule has 0 atom stereocenters. The number of nitrogens with zero attached hydrogens (tertiary/aromatic N) is 1. The summed E-state index contributed by atoms with van der Waals surface area (Å²) in [5, 5.41) is 0. The van der Waals surface area contributed by atoms with Crippen molar-refractivity contribution in [2.24, 2.45) is 0 Å². The second-order valence-electron chi connectivity index (χ2n) is 4.62. The third-order valence-electron chi connectivity index (χ3n) is 2.53. The second-order valence-corrected chi connectivity index (χ2v) is 4.62. The Morgan fingerprint density at radius 1 is 1.19 bits per heavy atom. The van der Waals surface area contributed by atoms with Crippen molar-refractivity contribution < 1.29 is 4.79 Å². The molecule has 0 saturated heterocycles. The van der Waals surface area contributed by atoms with Crippen LogP contribution in [0, 0.1) is 6.92 Å². The number of hydrogen-bond acceptors (Lipinski definition) is 2. The van der Waals surface area contributed by atoms with Gasteiger partial charge in [0.25, 0.3) is 0 Å². The maximum Gasteiger partial charge on any atom is 0.146 e. The van der Waals surface area contributed by atoms with Gasteiger partial charge in [-0.2, -0.15) is 0 Å². The fraction of sp³-hybridized carbons (Fsp3) is 0.500. The molecule has 0 unspecified atom stereocenters. The smallest absolute Gasteiger partial charge is 0.146 e. The highest BCUT2D eigenvalue weighted by atomic mass is 16.1. The van der Waals surface area contributed by atoms with Crippen LogP contribution >= 0.6 is 0 Å². The lowest BCUT2D eigenvalue weighted by molar-refractivity contribution is -0.119. The summed E-state index contributed by atoms with van der Waals surface area (Å²) < 4.78 is 0. The van der Waals surface area contributed by atoms with Crippen molar-refractivity contribution in [2.75, 3.05) is 20.6 Å². The van der Waals surface area contributed by atoms with Crippen LogP contribution < -0.4 is 0 Å². The Hall–Kier alpha value is -1.15. The van der Waals surface area contributed by atoms with Crippen LogP contribution in [0.2, 0.25) is 0 Å².